The molecule has 0 aliphatic carbocycles. The molecule has 0 saturated carbocycles. The second-order valence-electron chi connectivity index (χ2n) is 1.95. The summed E-state index contributed by atoms with van der Waals surface area (Å²) >= 11 is 0. The molecule has 0 radical (unpaired) electrons. The van der Waals surface area contributed by atoms with Crippen molar-refractivity contribution in [2.24, 2.45) is 0 Å². The molecule has 0 spiro atoms. The molecule has 0 aliphatic rings. The summed E-state index contributed by atoms with van der Waals surface area (Å²) in [5.74, 6) is 0. The number of rotatable bonds is 5. The smallest absolute Gasteiger partial charge is 0.293 e. The summed E-state index contributed by atoms with van der Waals surface area (Å²) < 4.78 is 4.49. The normalized spacial score (nSPS) is 12.7. The average molecular weight is 131 g/mol. The van der Waals surface area contributed by atoms with E-state index < -0.39 is 0 Å². The lowest BCUT2D eigenvalue weighted by atomic mass is 10.2. The van der Waals surface area contributed by atoms with Gasteiger partial charge in [-0.3, -0.25) is 4.79 Å². The Morgan fingerprint density at radius 3 is 2.89 bits per heavy atom. The number of carbonyl (C=O) groups excluding carboxylic acids is 1. The number of carbonyl (C=O) groups is 1. The number of hydrogen-bond acceptors (Lipinski definition) is 3. The van der Waals surface area contributed by atoms with Crippen LogP contribution in [0.5, 0.6) is 0 Å². The molecule has 1 N–H and O–H groups in total. The molecule has 1 atom stereocenters. The topological polar surface area (TPSA) is 38.3 Å². The molecule has 0 bridgehead atoms. The van der Waals surface area contributed by atoms with Crippen molar-refractivity contribution in [3.8, 4) is 0 Å². The monoisotopic (exact) mass is 131 g/mol. The summed E-state index contributed by atoms with van der Waals surface area (Å²) in [5.41, 5.74) is 0. The first kappa shape index (κ1) is 8.43. The maximum atomic E-state index is 9.63. The van der Waals surface area contributed by atoms with E-state index in [2.05, 4.69) is 10.1 Å². The number of hydrogen-bond donors (Lipinski definition) is 1. The molecule has 0 aromatic rings. The first-order chi connectivity index (χ1) is 4.31. The van der Waals surface area contributed by atoms with Crippen molar-refractivity contribution in [2.45, 2.75) is 19.4 Å². The predicted molar refractivity (Wildman–Crippen MR) is 35.2 cm³/mol. The molecular weight excluding hydrogens is 118 g/mol. The van der Waals surface area contributed by atoms with E-state index >= 15 is 0 Å². The third-order valence-corrected chi connectivity index (χ3v) is 1.23. The maximum Gasteiger partial charge on any atom is 0.293 e. The van der Waals surface area contributed by atoms with Crippen molar-refractivity contribution < 1.29 is 9.53 Å². The van der Waals surface area contributed by atoms with Crippen molar-refractivity contribution in [1.29, 1.82) is 0 Å². The number of ether oxygens (including phenoxy) is 1. The van der Waals surface area contributed by atoms with Gasteiger partial charge < -0.3 is 10.1 Å². The molecule has 3 heteroatoms. The highest BCUT2D eigenvalue weighted by molar-refractivity contribution is 5.36. The Bertz CT molecular complexity index is 75.5. The quantitative estimate of drug-likeness (QED) is 0.426. The Morgan fingerprint density at radius 1 is 1.78 bits per heavy atom. The molecule has 0 amide bonds. The SMILES string of the molecule is CNC(C)CCOC=O. The van der Waals surface area contributed by atoms with Gasteiger partial charge in [0, 0.05) is 6.04 Å². The van der Waals surface area contributed by atoms with Crippen LogP contribution in [0.3, 0.4) is 0 Å². The highest BCUT2D eigenvalue weighted by atomic mass is 16.5. The van der Waals surface area contributed by atoms with Crippen LogP contribution in [0.15, 0.2) is 0 Å². The van der Waals surface area contributed by atoms with Crippen LogP contribution in [0.4, 0.5) is 0 Å². The lowest BCUT2D eigenvalue weighted by Gasteiger charge is -2.07. The predicted octanol–water partition coefficient (Wildman–Crippen LogP) is 0.157. The third-order valence-electron chi connectivity index (χ3n) is 1.23. The molecule has 0 fully saturated rings. The van der Waals surface area contributed by atoms with Gasteiger partial charge in [-0.05, 0) is 20.4 Å². The summed E-state index contributed by atoms with van der Waals surface area (Å²) in [6.45, 7) is 3.02. The fourth-order valence-electron chi connectivity index (χ4n) is 0.437. The third kappa shape index (κ3) is 5.30. The summed E-state index contributed by atoms with van der Waals surface area (Å²) in [5, 5.41) is 3.03. The second kappa shape index (κ2) is 5.56. The van der Waals surface area contributed by atoms with Crippen molar-refractivity contribution in [2.75, 3.05) is 13.7 Å². The first-order valence-electron chi connectivity index (χ1n) is 3.03. The molecule has 0 aromatic heterocycles. The fraction of sp³-hybridized carbons (Fsp3) is 0.833. The van der Waals surface area contributed by atoms with E-state index in [1.54, 1.807) is 0 Å². The molecule has 9 heavy (non-hydrogen) atoms. The molecule has 1 unspecified atom stereocenters. The highest BCUT2D eigenvalue weighted by Gasteiger charge is 1.95. The standard InChI is InChI=1S/C6H13NO2/c1-6(7-2)3-4-9-5-8/h5-7H,3-4H2,1-2H3. The second-order valence-corrected chi connectivity index (χ2v) is 1.95. The highest BCUT2D eigenvalue weighted by Crippen LogP contribution is 1.87. The van der Waals surface area contributed by atoms with Crippen LogP contribution in [0.2, 0.25) is 0 Å². The van der Waals surface area contributed by atoms with Gasteiger partial charge in [0.2, 0.25) is 0 Å². The minimum Gasteiger partial charge on any atom is -0.468 e. The maximum absolute atomic E-state index is 9.63. The Kier molecular flexibility index (Phi) is 5.21. The van der Waals surface area contributed by atoms with E-state index in [4.69, 9.17) is 0 Å². The van der Waals surface area contributed by atoms with Crippen LogP contribution in [-0.4, -0.2) is 26.2 Å². The van der Waals surface area contributed by atoms with Gasteiger partial charge in [-0.1, -0.05) is 0 Å². The Hall–Kier alpha value is -0.570. The zero-order valence-electron chi connectivity index (χ0n) is 5.89. The lowest BCUT2D eigenvalue weighted by molar-refractivity contribution is -0.128. The molecule has 0 aliphatic heterocycles. The zero-order valence-corrected chi connectivity index (χ0v) is 5.89. The van der Waals surface area contributed by atoms with Gasteiger partial charge >= 0.3 is 0 Å². The summed E-state index contributed by atoms with van der Waals surface area (Å²) in [6, 6.07) is 0.421. The first-order valence-corrected chi connectivity index (χ1v) is 3.03. The van der Waals surface area contributed by atoms with Crippen LogP contribution in [0, 0.1) is 0 Å². The van der Waals surface area contributed by atoms with Gasteiger partial charge in [0.1, 0.15) is 0 Å². The van der Waals surface area contributed by atoms with Crippen molar-refractivity contribution in [1.82, 2.24) is 5.32 Å². The summed E-state index contributed by atoms with van der Waals surface area (Å²) in [6.07, 6.45) is 0.870. The van der Waals surface area contributed by atoms with E-state index in [-0.39, 0.29) is 0 Å². The van der Waals surface area contributed by atoms with Gasteiger partial charge in [0.25, 0.3) is 6.47 Å². The Balaban J connectivity index is 2.96. The van der Waals surface area contributed by atoms with E-state index in [1.165, 1.54) is 0 Å². The van der Waals surface area contributed by atoms with Crippen molar-refractivity contribution >= 4 is 6.47 Å². The van der Waals surface area contributed by atoms with Gasteiger partial charge in [-0.2, -0.15) is 0 Å². The minimum atomic E-state index is 0.421. The Labute approximate surface area is 55.4 Å². The summed E-state index contributed by atoms with van der Waals surface area (Å²) in [4.78, 5) is 9.63. The van der Waals surface area contributed by atoms with Crippen molar-refractivity contribution in [3.63, 3.8) is 0 Å². The Morgan fingerprint density at radius 2 is 2.44 bits per heavy atom. The lowest BCUT2D eigenvalue weighted by Crippen LogP contribution is -2.22. The molecule has 0 rings (SSSR count). The molecule has 3 nitrogen and oxygen atoms in total. The largest absolute Gasteiger partial charge is 0.468 e. The molecule has 0 aromatic carbocycles. The number of nitrogens with one attached hydrogen (secondary N) is 1. The van der Waals surface area contributed by atoms with Gasteiger partial charge in [-0.25, -0.2) is 0 Å². The minimum absolute atomic E-state index is 0.421. The van der Waals surface area contributed by atoms with Crippen molar-refractivity contribution in [3.05, 3.63) is 0 Å². The van der Waals surface area contributed by atoms with Crippen LogP contribution in [0.1, 0.15) is 13.3 Å². The zero-order chi connectivity index (χ0) is 7.11. The van der Waals surface area contributed by atoms with Crippen LogP contribution >= 0.6 is 0 Å². The van der Waals surface area contributed by atoms with Gasteiger partial charge in [0.15, 0.2) is 0 Å². The van der Waals surface area contributed by atoms with Gasteiger partial charge in [-0.15, -0.1) is 0 Å². The van der Waals surface area contributed by atoms with Crippen LogP contribution < -0.4 is 5.32 Å². The molecule has 0 saturated heterocycles. The van der Waals surface area contributed by atoms with Crippen LogP contribution in [-0.2, 0) is 9.53 Å². The van der Waals surface area contributed by atoms with Gasteiger partial charge in [0.05, 0.1) is 6.61 Å². The van der Waals surface area contributed by atoms with E-state index in [0.29, 0.717) is 19.1 Å². The average Bonchev–Trinajstić information content (AvgIpc) is 1.89. The summed E-state index contributed by atoms with van der Waals surface area (Å²) in [7, 11) is 1.88. The van der Waals surface area contributed by atoms with E-state index in [0.717, 1.165) is 6.42 Å². The fourth-order valence-corrected chi connectivity index (χ4v) is 0.437. The van der Waals surface area contributed by atoms with E-state index in [1.807, 2.05) is 14.0 Å². The van der Waals surface area contributed by atoms with E-state index in [9.17, 15) is 4.79 Å². The molecular formula is C6H13NO2. The molecule has 54 valence electrons. The molecule has 0 heterocycles. The van der Waals surface area contributed by atoms with Crippen LogP contribution in [0.25, 0.3) is 0 Å².